The summed E-state index contributed by atoms with van der Waals surface area (Å²) in [7, 11) is 0. The number of benzene rings is 2. The second-order valence-electron chi connectivity index (χ2n) is 4.32. The number of anilines is 1. The van der Waals surface area contributed by atoms with Crippen molar-refractivity contribution >= 4 is 40.7 Å². The fourth-order valence-electron chi connectivity index (χ4n) is 2.01. The number of nitrogens with one attached hydrogen (secondary N) is 1. The number of halogens is 3. The maximum absolute atomic E-state index is 13.6. The summed E-state index contributed by atoms with van der Waals surface area (Å²) in [6, 6.07) is 10.5. The monoisotopic (exact) mass is 329 g/mol. The molecule has 0 amide bonds. The number of hydrogen-bond acceptors (Lipinski definition) is 2. The van der Waals surface area contributed by atoms with Crippen LogP contribution in [0.25, 0.3) is 0 Å². The molecule has 0 heterocycles. The Labute approximate surface area is 132 Å². The molecule has 0 aliphatic carbocycles. The van der Waals surface area contributed by atoms with Crippen molar-refractivity contribution in [2.24, 2.45) is 0 Å². The fraction of sp³-hybridized carbons (Fsp3) is 0.200. The van der Waals surface area contributed by atoms with Crippen LogP contribution in [0.5, 0.6) is 0 Å². The van der Waals surface area contributed by atoms with Crippen LogP contribution in [0.1, 0.15) is 18.5 Å². The minimum absolute atomic E-state index is 0.0686. The third-order valence-corrected chi connectivity index (χ3v) is 4.50. The molecule has 0 radical (unpaired) electrons. The van der Waals surface area contributed by atoms with Gasteiger partial charge in [-0.25, -0.2) is 4.39 Å². The molecule has 1 N–H and O–H groups in total. The van der Waals surface area contributed by atoms with E-state index in [-0.39, 0.29) is 11.1 Å². The standard InChI is InChI=1S/C15H14Cl2FNS/c1-9(14-10(16)7-8-11(18)15(14)17)19-12-5-3-4-6-13(12)20-2/h3-9,19H,1-2H3. The van der Waals surface area contributed by atoms with E-state index in [9.17, 15) is 4.39 Å². The largest absolute Gasteiger partial charge is 0.378 e. The molecule has 2 rings (SSSR count). The van der Waals surface area contributed by atoms with Gasteiger partial charge >= 0.3 is 0 Å². The quantitative estimate of drug-likeness (QED) is 0.543. The van der Waals surface area contributed by atoms with Gasteiger partial charge in [0.1, 0.15) is 5.82 Å². The van der Waals surface area contributed by atoms with Gasteiger partial charge in [-0.15, -0.1) is 11.8 Å². The van der Waals surface area contributed by atoms with Gasteiger partial charge in [-0.05, 0) is 37.4 Å². The Balaban J connectivity index is 2.33. The third kappa shape index (κ3) is 3.22. The Hall–Kier alpha value is -0.900. The average molecular weight is 330 g/mol. The van der Waals surface area contributed by atoms with Gasteiger partial charge in [-0.1, -0.05) is 35.3 Å². The van der Waals surface area contributed by atoms with Crippen molar-refractivity contribution in [1.29, 1.82) is 0 Å². The van der Waals surface area contributed by atoms with Crippen molar-refractivity contribution in [3.63, 3.8) is 0 Å². The summed E-state index contributed by atoms with van der Waals surface area (Å²) in [6.07, 6.45) is 2.01. The van der Waals surface area contributed by atoms with Gasteiger partial charge in [0.05, 0.1) is 11.1 Å². The molecule has 106 valence electrons. The van der Waals surface area contributed by atoms with Crippen molar-refractivity contribution in [3.05, 3.63) is 57.8 Å². The predicted molar refractivity (Wildman–Crippen MR) is 86.7 cm³/mol. The third-order valence-electron chi connectivity index (χ3n) is 2.99. The van der Waals surface area contributed by atoms with Gasteiger partial charge < -0.3 is 5.32 Å². The minimum atomic E-state index is -0.460. The summed E-state index contributed by atoms with van der Waals surface area (Å²) in [4.78, 5) is 1.11. The number of rotatable bonds is 4. The van der Waals surface area contributed by atoms with E-state index in [1.807, 2.05) is 37.4 Å². The van der Waals surface area contributed by atoms with Crippen LogP contribution in [0.2, 0.25) is 10.0 Å². The van der Waals surface area contributed by atoms with Crippen LogP contribution in [0.4, 0.5) is 10.1 Å². The lowest BCUT2D eigenvalue weighted by molar-refractivity contribution is 0.624. The SMILES string of the molecule is CSc1ccccc1NC(C)c1c(Cl)ccc(F)c1Cl. The van der Waals surface area contributed by atoms with Gasteiger partial charge in [0.2, 0.25) is 0 Å². The molecular weight excluding hydrogens is 316 g/mol. The molecule has 0 bridgehead atoms. The fourth-order valence-corrected chi connectivity index (χ4v) is 3.27. The summed E-state index contributed by atoms with van der Waals surface area (Å²) in [5.74, 6) is -0.460. The maximum atomic E-state index is 13.6. The maximum Gasteiger partial charge on any atom is 0.142 e. The summed E-state index contributed by atoms with van der Waals surface area (Å²) in [6.45, 7) is 1.91. The van der Waals surface area contributed by atoms with Crippen molar-refractivity contribution < 1.29 is 4.39 Å². The Bertz CT molecular complexity index is 619. The number of thioether (sulfide) groups is 1. The molecule has 0 aliphatic heterocycles. The Morgan fingerprint density at radius 1 is 1.15 bits per heavy atom. The topological polar surface area (TPSA) is 12.0 Å². The molecule has 0 saturated heterocycles. The Kier molecular flexibility index (Phi) is 5.19. The first-order valence-electron chi connectivity index (χ1n) is 6.07. The summed E-state index contributed by atoms with van der Waals surface area (Å²) < 4.78 is 13.6. The van der Waals surface area contributed by atoms with Crippen LogP contribution in [-0.4, -0.2) is 6.26 Å². The van der Waals surface area contributed by atoms with Crippen LogP contribution in [-0.2, 0) is 0 Å². The first kappa shape index (κ1) is 15.5. The molecule has 1 nitrogen and oxygen atoms in total. The normalized spacial score (nSPS) is 12.2. The zero-order chi connectivity index (χ0) is 14.7. The lowest BCUT2D eigenvalue weighted by atomic mass is 10.1. The van der Waals surface area contributed by atoms with Crippen LogP contribution in [0.3, 0.4) is 0 Å². The molecule has 0 saturated carbocycles. The van der Waals surface area contributed by atoms with Crippen LogP contribution in [0, 0.1) is 5.82 Å². The molecule has 20 heavy (non-hydrogen) atoms. The molecule has 1 unspecified atom stereocenters. The second kappa shape index (κ2) is 6.70. The van der Waals surface area contributed by atoms with Crippen LogP contribution < -0.4 is 5.32 Å². The van der Waals surface area contributed by atoms with Gasteiger partial charge in [-0.2, -0.15) is 0 Å². The van der Waals surface area contributed by atoms with Crippen molar-refractivity contribution in [1.82, 2.24) is 0 Å². The van der Waals surface area contributed by atoms with Crippen molar-refractivity contribution in [2.75, 3.05) is 11.6 Å². The van der Waals surface area contributed by atoms with E-state index in [0.29, 0.717) is 10.6 Å². The molecule has 1 atom stereocenters. The van der Waals surface area contributed by atoms with Crippen molar-refractivity contribution in [2.45, 2.75) is 17.9 Å². The van der Waals surface area contributed by atoms with Gasteiger partial charge in [-0.3, -0.25) is 0 Å². The Morgan fingerprint density at radius 2 is 1.85 bits per heavy atom. The number of para-hydroxylation sites is 1. The molecule has 0 fully saturated rings. The Morgan fingerprint density at radius 3 is 2.55 bits per heavy atom. The van der Waals surface area contributed by atoms with Gasteiger partial charge in [0.15, 0.2) is 0 Å². The summed E-state index contributed by atoms with van der Waals surface area (Å²) >= 11 is 13.8. The van der Waals surface area contributed by atoms with Gasteiger partial charge in [0.25, 0.3) is 0 Å². The highest BCUT2D eigenvalue weighted by Crippen LogP contribution is 2.35. The minimum Gasteiger partial charge on any atom is -0.378 e. The zero-order valence-electron chi connectivity index (χ0n) is 11.1. The van der Waals surface area contributed by atoms with Gasteiger partial charge in [0, 0.05) is 21.2 Å². The first-order valence-corrected chi connectivity index (χ1v) is 8.05. The molecule has 2 aromatic rings. The van der Waals surface area contributed by atoms with E-state index in [2.05, 4.69) is 5.32 Å². The van der Waals surface area contributed by atoms with E-state index >= 15 is 0 Å². The highest BCUT2D eigenvalue weighted by Gasteiger charge is 2.17. The lowest BCUT2D eigenvalue weighted by Crippen LogP contribution is -2.09. The average Bonchev–Trinajstić information content (AvgIpc) is 2.44. The predicted octanol–water partition coefficient (Wildman–Crippen LogP) is 6.03. The van der Waals surface area contributed by atoms with Crippen LogP contribution >= 0.6 is 35.0 Å². The molecular formula is C15H14Cl2FNS. The smallest absolute Gasteiger partial charge is 0.142 e. The second-order valence-corrected chi connectivity index (χ2v) is 5.96. The van der Waals surface area contributed by atoms with Crippen LogP contribution in [0.15, 0.2) is 41.3 Å². The molecule has 5 heteroatoms. The lowest BCUT2D eigenvalue weighted by Gasteiger charge is -2.20. The summed E-state index contributed by atoms with van der Waals surface area (Å²) in [5.41, 5.74) is 1.55. The van der Waals surface area contributed by atoms with E-state index in [1.165, 1.54) is 12.1 Å². The summed E-state index contributed by atoms with van der Waals surface area (Å²) in [5, 5.41) is 3.86. The zero-order valence-corrected chi connectivity index (χ0v) is 13.4. The highest BCUT2D eigenvalue weighted by atomic mass is 35.5. The van der Waals surface area contributed by atoms with E-state index in [0.717, 1.165) is 10.6 Å². The highest BCUT2D eigenvalue weighted by molar-refractivity contribution is 7.98. The molecule has 0 spiro atoms. The van der Waals surface area contributed by atoms with E-state index in [4.69, 9.17) is 23.2 Å². The van der Waals surface area contributed by atoms with Crippen molar-refractivity contribution in [3.8, 4) is 0 Å². The molecule has 0 aromatic heterocycles. The van der Waals surface area contributed by atoms with E-state index in [1.54, 1.807) is 11.8 Å². The molecule has 2 aromatic carbocycles. The first-order chi connectivity index (χ1) is 9.54. The molecule has 0 aliphatic rings. The van der Waals surface area contributed by atoms with E-state index < -0.39 is 5.82 Å². The number of hydrogen-bond donors (Lipinski definition) is 1.